The number of aryl methyl sites for hydroxylation is 1. The molecule has 1 atom stereocenters. The Morgan fingerprint density at radius 3 is 2.42 bits per heavy atom. The van der Waals surface area contributed by atoms with Gasteiger partial charge in [0.25, 0.3) is 0 Å². The lowest BCUT2D eigenvalue weighted by Crippen LogP contribution is -2.29. The molecule has 98 valence electrons. The Kier molecular flexibility index (Phi) is 3.56. The monoisotopic (exact) mass is 253 g/mol. The van der Waals surface area contributed by atoms with Crippen molar-refractivity contribution < 1.29 is 0 Å². The van der Waals surface area contributed by atoms with Gasteiger partial charge in [0.1, 0.15) is 5.82 Å². The Morgan fingerprint density at radius 2 is 1.79 bits per heavy atom. The predicted molar refractivity (Wildman–Crippen MR) is 77.0 cm³/mol. The van der Waals surface area contributed by atoms with E-state index in [4.69, 9.17) is 0 Å². The van der Waals surface area contributed by atoms with Crippen LogP contribution in [-0.4, -0.2) is 23.1 Å². The summed E-state index contributed by atoms with van der Waals surface area (Å²) < 4.78 is 0. The molecule has 19 heavy (non-hydrogen) atoms. The first kappa shape index (κ1) is 12.3. The third-order valence-corrected chi connectivity index (χ3v) is 3.72. The average Bonchev–Trinajstić information content (AvgIpc) is 2.49. The van der Waals surface area contributed by atoms with Gasteiger partial charge in [0.15, 0.2) is 0 Å². The average molecular weight is 253 g/mol. The fraction of sp³-hybridized carbons (Fsp3) is 0.375. The van der Waals surface area contributed by atoms with E-state index in [0.717, 1.165) is 24.5 Å². The van der Waals surface area contributed by atoms with Crippen LogP contribution in [0, 0.1) is 6.92 Å². The number of hydrogen-bond donors (Lipinski definition) is 1. The van der Waals surface area contributed by atoms with Gasteiger partial charge in [0, 0.05) is 30.4 Å². The van der Waals surface area contributed by atoms with Gasteiger partial charge < -0.3 is 5.32 Å². The lowest BCUT2D eigenvalue weighted by molar-refractivity contribution is 0.446. The van der Waals surface area contributed by atoms with E-state index in [9.17, 15) is 0 Å². The van der Waals surface area contributed by atoms with Gasteiger partial charge in [0.05, 0.1) is 0 Å². The Morgan fingerprint density at radius 1 is 1.05 bits per heavy atom. The molecule has 1 aliphatic rings. The van der Waals surface area contributed by atoms with Crippen molar-refractivity contribution in [3.8, 4) is 11.1 Å². The molecular formula is C16H19N3. The van der Waals surface area contributed by atoms with E-state index in [1.807, 2.05) is 12.4 Å². The Balaban J connectivity index is 1.80. The molecule has 1 aromatic carbocycles. The van der Waals surface area contributed by atoms with Gasteiger partial charge in [-0.05, 0) is 31.9 Å². The molecule has 1 aliphatic heterocycles. The van der Waals surface area contributed by atoms with Crippen molar-refractivity contribution in [3.05, 3.63) is 48.0 Å². The third-order valence-electron chi connectivity index (χ3n) is 3.72. The smallest absolute Gasteiger partial charge is 0.132 e. The predicted octanol–water partition coefficient (Wildman–Crippen LogP) is 2.92. The van der Waals surface area contributed by atoms with Crippen molar-refractivity contribution in [1.82, 2.24) is 15.3 Å². The van der Waals surface area contributed by atoms with Crippen LogP contribution in [0.5, 0.6) is 0 Å². The molecule has 1 fully saturated rings. The van der Waals surface area contributed by atoms with Crippen molar-refractivity contribution >= 4 is 0 Å². The Bertz CT molecular complexity index is 525. The summed E-state index contributed by atoms with van der Waals surface area (Å²) in [5.74, 6) is 1.45. The van der Waals surface area contributed by atoms with Crippen molar-refractivity contribution in [3.63, 3.8) is 0 Å². The molecule has 0 bridgehead atoms. The first-order chi connectivity index (χ1) is 9.33. The van der Waals surface area contributed by atoms with Crippen molar-refractivity contribution in [2.45, 2.75) is 25.7 Å². The van der Waals surface area contributed by atoms with Gasteiger partial charge in [-0.2, -0.15) is 0 Å². The van der Waals surface area contributed by atoms with Crippen LogP contribution in [-0.2, 0) is 0 Å². The molecule has 1 saturated heterocycles. The Hall–Kier alpha value is -1.74. The molecule has 2 aromatic rings. The number of hydrogen-bond acceptors (Lipinski definition) is 3. The molecule has 0 amide bonds. The van der Waals surface area contributed by atoms with Crippen LogP contribution in [0.4, 0.5) is 0 Å². The summed E-state index contributed by atoms with van der Waals surface area (Å²) in [7, 11) is 0. The van der Waals surface area contributed by atoms with Crippen molar-refractivity contribution in [2.24, 2.45) is 0 Å². The molecule has 1 unspecified atom stereocenters. The topological polar surface area (TPSA) is 37.8 Å². The SMILES string of the molecule is Cc1ccc(-c2cnc(C3CCCNC3)nc2)cc1. The number of piperidine rings is 1. The van der Waals surface area contributed by atoms with Crippen molar-refractivity contribution in [2.75, 3.05) is 13.1 Å². The quantitative estimate of drug-likeness (QED) is 0.894. The maximum Gasteiger partial charge on any atom is 0.132 e. The molecule has 0 saturated carbocycles. The normalized spacial score (nSPS) is 19.3. The van der Waals surface area contributed by atoms with Crippen LogP contribution < -0.4 is 5.32 Å². The van der Waals surface area contributed by atoms with Gasteiger partial charge in [0.2, 0.25) is 0 Å². The maximum atomic E-state index is 4.55. The van der Waals surface area contributed by atoms with Crippen LogP contribution in [0.15, 0.2) is 36.7 Å². The highest BCUT2D eigenvalue weighted by Gasteiger charge is 2.17. The zero-order chi connectivity index (χ0) is 13.1. The third kappa shape index (κ3) is 2.82. The highest BCUT2D eigenvalue weighted by Crippen LogP contribution is 2.22. The fourth-order valence-electron chi connectivity index (χ4n) is 2.52. The van der Waals surface area contributed by atoms with Crippen LogP contribution in [0.25, 0.3) is 11.1 Å². The molecule has 2 heterocycles. The minimum Gasteiger partial charge on any atom is -0.316 e. The first-order valence-electron chi connectivity index (χ1n) is 6.92. The number of nitrogens with one attached hydrogen (secondary N) is 1. The van der Waals surface area contributed by atoms with E-state index in [1.165, 1.54) is 24.0 Å². The summed E-state index contributed by atoms with van der Waals surface area (Å²) in [6.45, 7) is 4.22. The zero-order valence-electron chi connectivity index (χ0n) is 11.3. The second-order valence-electron chi connectivity index (χ2n) is 5.24. The van der Waals surface area contributed by atoms with E-state index in [1.54, 1.807) is 0 Å². The molecule has 1 aromatic heterocycles. The minimum atomic E-state index is 0.473. The standard InChI is InChI=1S/C16H19N3/c1-12-4-6-13(7-5-12)15-10-18-16(19-11-15)14-3-2-8-17-9-14/h4-7,10-11,14,17H,2-3,8-9H2,1H3. The number of rotatable bonds is 2. The van der Waals surface area contributed by atoms with Gasteiger partial charge in [-0.1, -0.05) is 29.8 Å². The van der Waals surface area contributed by atoms with Crippen molar-refractivity contribution in [1.29, 1.82) is 0 Å². The van der Waals surface area contributed by atoms with E-state index < -0.39 is 0 Å². The van der Waals surface area contributed by atoms with E-state index in [0.29, 0.717) is 5.92 Å². The molecule has 0 spiro atoms. The highest BCUT2D eigenvalue weighted by atomic mass is 14.9. The molecule has 3 rings (SSSR count). The van der Waals surface area contributed by atoms with Gasteiger partial charge in [-0.15, -0.1) is 0 Å². The van der Waals surface area contributed by atoms with Gasteiger partial charge >= 0.3 is 0 Å². The second kappa shape index (κ2) is 5.49. The number of benzene rings is 1. The summed E-state index contributed by atoms with van der Waals surface area (Å²) in [6.07, 6.45) is 6.30. The fourth-order valence-corrected chi connectivity index (χ4v) is 2.52. The summed E-state index contributed by atoms with van der Waals surface area (Å²) in [5.41, 5.74) is 3.54. The van der Waals surface area contributed by atoms with Crippen LogP contribution in [0.2, 0.25) is 0 Å². The van der Waals surface area contributed by atoms with Gasteiger partial charge in [-0.3, -0.25) is 0 Å². The summed E-state index contributed by atoms with van der Waals surface area (Å²) in [4.78, 5) is 9.10. The lowest BCUT2D eigenvalue weighted by atomic mass is 9.98. The minimum absolute atomic E-state index is 0.473. The maximum absolute atomic E-state index is 4.55. The van der Waals surface area contributed by atoms with Crippen LogP contribution in [0.3, 0.4) is 0 Å². The molecule has 0 radical (unpaired) electrons. The zero-order valence-corrected chi connectivity index (χ0v) is 11.3. The largest absolute Gasteiger partial charge is 0.316 e. The second-order valence-corrected chi connectivity index (χ2v) is 5.24. The summed E-state index contributed by atoms with van der Waals surface area (Å²) in [6, 6.07) is 8.48. The Labute approximate surface area is 114 Å². The van der Waals surface area contributed by atoms with Crippen LogP contribution in [0.1, 0.15) is 30.1 Å². The van der Waals surface area contributed by atoms with E-state index in [-0.39, 0.29) is 0 Å². The van der Waals surface area contributed by atoms with E-state index >= 15 is 0 Å². The van der Waals surface area contributed by atoms with Crippen LogP contribution >= 0.6 is 0 Å². The lowest BCUT2D eigenvalue weighted by Gasteiger charge is -2.21. The first-order valence-corrected chi connectivity index (χ1v) is 6.92. The molecule has 3 heteroatoms. The summed E-state index contributed by atoms with van der Waals surface area (Å²) >= 11 is 0. The number of aromatic nitrogens is 2. The molecule has 0 aliphatic carbocycles. The molecule has 1 N–H and O–H groups in total. The summed E-state index contributed by atoms with van der Waals surface area (Å²) in [5, 5.41) is 3.41. The molecular weight excluding hydrogens is 234 g/mol. The van der Waals surface area contributed by atoms with Gasteiger partial charge in [-0.25, -0.2) is 9.97 Å². The highest BCUT2D eigenvalue weighted by molar-refractivity contribution is 5.61. The van der Waals surface area contributed by atoms with E-state index in [2.05, 4.69) is 46.5 Å². The number of nitrogens with zero attached hydrogens (tertiary/aromatic N) is 2. The molecule has 3 nitrogen and oxygen atoms in total.